The molecule has 1 aromatic heterocycles. The maximum Gasteiger partial charge on any atom is 0.322 e. The van der Waals surface area contributed by atoms with Gasteiger partial charge in [0.1, 0.15) is 5.54 Å². The van der Waals surface area contributed by atoms with Gasteiger partial charge in [-0.15, -0.1) is 10.2 Å². The first-order valence-corrected chi connectivity index (χ1v) is 10.8. The van der Waals surface area contributed by atoms with E-state index in [4.69, 9.17) is 4.42 Å². The van der Waals surface area contributed by atoms with Crippen molar-refractivity contribution in [2.45, 2.75) is 70.4 Å². The van der Waals surface area contributed by atoms with Crippen LogP contribution in [0.3, 0.4) is 0 Å². The van der Waals surface area contributed by atoms with Crippen molar-refractivity contribution >= 4 is 11.7 Å². The minimum absolute atomic E-state index is 0.0786. The zero-order valence-electron chi connectivity index (χ0n) is 17.7. The van der Waals surface area contributed by atoms with Gasteiger partial charge in [-0.25, -0.2) is 4.79 Å². The molecule has 1 saturated heterocycles. The quantitative estimate of drug-likeness (QED) is 0.803. The number of carbonyl (C=O) groups is 1. The number of piperidine rings is 1. The van der Waals surface area contributed by atoms with Crippen LogP contribution in [0, 0.1) is 37.0 Å². The van der Waals surface area contributed by atoms with Gasteiger partial charge >= 0.3 is 6.03 Å². The Kier molecular flexibility index (Phi) is 4.35. The molecule has 2 bridgehead atoms. The number of carbonyl (C=O) groups excluding carboxylic acids is 1. The molecule has 1 aliphatic heterocycles. The molecule has 7 nitrogen and oxygen atoms in total. The second-order valence-corrected chi connectivity index (χ2v) is 9.35. The fourth-order valence-corrected chi connectivity index (χ4v) is 5.76. The van der Waals surface area contributed by atoms with E-state index in [-0.39, 0.29) is 23.9 Å². The van der Waals surface area contributed by atoms with Crippen molar-refractivity contribution in [1.29, 1.82) is 5.26 Å². The van der Waals surface area contributed by atoms with E-state index in [1.807, 2.05) is 23.1 Å². The highest BCUT2D eigenvalue weighted by molar-refractivity contribution is 5.91. The van der Waals surface area contributed by atoms with Crippen LogP contribution in [0.25, 0.3) is 0 Å². The smallest absolute Gasteiger partial charge is 0.322 e. The Morgan fingerprint density at radius 2 is 2.13 bits per heavy atom. The van der Waals surface area contributed by atoms with Crippen LogP contribution in [-0.2, 0) is 5.54 Å². The molecular weight excluding hydrogens is 378 g/mol. The van der Waals surface area contributed by atoms with Crippen molar-refractivity contribution in [1.82, 2.24) is 15.1 Å². The largest absolute Gasteiger partial charge is 0.423 e. The summed E-state index contributed by atoms with van der Waals surface area (Å²) in [5, 5.41) is 20.7. The van der Waals surface area contributed by atoms with Gasteiger partial charge in [-0.3, -0.25) is 0 Å². The molecule has 1 N–H and O–H groups in total. The number of fused-ring (bicyclic) bond motifs is 2. The van der Waals surface area contributed by atoms with Crippen molar-refractivity contribution in [2.24, 2.45) is 11.8 Å². The molecule has 0 spiro atoms. The maximum atomic E-state index is 13.3. The van der Waals surface area contributed by atoms with E-state index < -0.39 is 5.54 Å². The zero-order valence-corrected chi connectivity index (χ0v) is 17.7. The van der Waals surface area contributed by atoms with Gasteiger partial charge in [0.15, 0.2) is 0 Å². The lowest BCUT2D eigenvalue weighted by atomic mass is 9.64. The van der Waals surface area contributed by atoms with Gasteiger partial charge in [-0.1, -0.05) is 13.0 Å². The average molecular weight is 406 g/mol. The summed E-state index contributed by atoms with van der Waals surface area (Å²) >= 11 is 0. The van der Waals surface area contributed by atoms with Gasteiger partial charge in [0.2, 0.25) is 11.8 Å². The summed E-state index contributed by atoms with van der Waals surface area (Å²) < 4.78 is 5.78. The first kappa shape index (κ1) is 19.1. The van der Waals surface area contributed by atoms with Gasteiger partial charge < -0.3 is 14.6 Å². The van der Waals surface area contributed by atoms with Gasteiger partial charge in [0.05, 0.1) is 12.0 Å². The Labute approximate surface area is 176 Å². The topological polar surface area (TPSA) is 95.0 Å². The predicted molar refractivity (Wildman–Crippen MR) is 111 cm³/mol. The fraction of sp³-hybridized carbons (Fsp3) is 0.565. The molecule has 2 aliphatic carbocycles. The Bertz CT molecular complexity index is 1040. The van der Waals surface area contributed by atoms with Crippen molar-refractivity contribution in [2.75, 3.05) is 5.32 Å². The standard InChI is InChI=1S/C23H27N5O2/c1-13-8-18-11-23(10-13,21-27-26-15(3)30-21)28(18)22(29)25-17-6-4-14(2)20(9-17)19-7-5-16(19)12-24/h4,6,9,13,16,18-19H,5,7-8,10-11H2,1-3H3,(H,25,29)/t13-,16-,18?,19-,23?/m1/s1. The number of nitrogens with zero attached hydrogens (tertiary/aromatic N) is 4. The molecule has 2 heterocycles. The molecule has 2 unspecified atom stereocenters. The number of hydrogen-bond acceptors (Lipinski definition) is 5. The second-order valence-electron chi connectivity index (χ2n) is 9.35. The van der Waals surface area contributed by atoms with Crippen LogP contribution in [0.1, 0.15) is 67.9 Å². The molecule has 5 atom stereocenters. The van der Waals surface area contributed by atoms with E-state index in [2.05, 4.69) is 35.4 Å². The summed E-state index contributed by atoms with van der Waals surface area (Å²) in [6, 6.07) is 8.51. The number of hydrogen-bond donors (Lipinski definition) is 1. The number of benzene rings is 1. The first-order chi connectivity index (χ1) is 14.4. The number of aromatic nitrogens is 2. The number of aryl methyl sites for hydroxylation is 2. The van der Waals surface area contributed by atoms with Gasteiger partial charge in [-0.2, -0.15) is 5.26 Å². The SMILES string of the molecule is Cc1nnc(C23CC(C[C@@H](C)C2)N3C(=O)Nc2ccc(C)c([C@@H]3CC[C@@H]3C#N)c2)o1. The highest BCUT2D eigenvalue weighted by Crippen LogP contribution is 2.55. The summed E-state index contributed by atoms with van der Waals surface area (Å²) in [6.07, 6.45) is 4.69. The van der Waals surface area contributed by atoms with Gasteiger partial charge in [-0.05, 0) is 61.8 Å². The number of rotatable bonds is 3. The highest BCUT2D eigenvalue weighted by Gasteiger charge is 2.62. The first-order valence-electron chi connectivity index (χ1n) is 10.8. The Morgan fingerprint density at radius 3 is 2.80 bits per heavy atom. The molecule has 1 aromatic carbocycles. The molecular formula is C23H27N5O2. The summed E-state index contributed by atoms with van der Waals surface area (Å²) in [6.45, 7) is 6.07. The molecule has 0 radical (unpaired) electrons. The molecule has 7 heteroatoms. The highest BCUT2D eigenvalue weighted by atomic mass is 16.4. The third-order valence-corrected chi connectivity index (χ3v) is 7.27. The number of likely N-dealkylation sites (tertiary alicyclic amines) is 1. The van der Waals surface area contributed by atoms with Crippen molar-refractivity contribution in [3.63, 3.8) is 0 Å². The molecule has 156 valence electrons. The molecule has 30 heavy (non-hydrogen) atoms. The Morgan fingerprint density at radius 1 is 1.30 bits per heavy atom. The lowest BCUT2D eigenvalue weighted by molar-refractivity contribution is -0.110. The Hall–Kier alpha value is -2.88. The average Bonchev–Trinajstić information content (AvgIpc) is 3.10. The second kappa shape index (κ2) is 6.83. The van der Waals surface area contributed by atoms with Crippen LogP contribution in [0.5, 0.6) is 0 Å². The number of anilines is 1. The maximum absolute atomic E-state index is 13.3. The minimum Gasteiger partial charge on any atom is -0.423 e. The van der Waals surface area contributed by atoms with E-state index >= 15 is 0 Å². The summed E-state index contributed by atoms with van der Waals surface area (Å²) in [5.74, 6) is 1.93. The lowest BCUT2D eigenvalue weighted by Crippen LogP contribution is -2.70. The normalized spacial score (nSPS) is 32.0. The molecule has 3 aliphatic rings. The fourth-order valence-electron chi connectivity index (χ4n) is 5.76. The van der Waals surface area contributed by atoms with Crippen molar-refractivity contribution in [3.8, 4) is 6.07 Å². The molecule has 2 amide bonds. The van der Waals surface area contributed by atoms with E-state index in [9.17, 15) is 10.1 Å². The number of nitriles is 1. The van der Waals surface area contributed by atoms with Gasteiger partial charge in [0.25, 0.3) is 0 Å². The monoisotopic (exact) mass is 405 g/mol. The van der Waals surface area contributed by atoms with Crippen molar-refractivity contribution < 1.29 is 9.21 Å². The van der Waals surface area contributed by atoms with Crippen LogP contribution in [-0.4, -0.2) is 27.2 Å². The third kappa shape index (κ3) is 2.81. The molecule has 2 aromatic rings. The van der Waals surface area contributed by atoms with Crippen LogP contribution >= 0.6 is 0 Å². The van der Waals surface area contributed by atoms with Crippen LogP contribution in [0.4, 0.5) is 10.5 Å². The number of urea groups is 1. The summed E-state index contributed by atoms with van der Waals surface area (Å²) in [4.78, 5) is 15.3. The van der Waals surface area contributed by atoms with Crippen LogP contribution < -0.4 is 5.32 Å². The van der Waals surface area contributed by atoms with E-state index in [0.717, 1.165) is 37.8 Å². The van der Waals surface area contributed by atoms with E-state index in [1.165, 1.54) is 11.1 Å². The number of nitrogens with one attached hydrogen (secondary N) is 1. The van der Waals surface area contributed by atoms with Crippen molar-refractivity contribution in [3.05, 3.63) is 41.1 Å². The van der Waals surface area contributed by atoms with E-state index in [1.54, 1.807) is 6.92 Å². The van der Waals surface area contributed by atoms with E-state index in [0.29, 0.717) is 17.7 Å². The summed E-state index contributed by atoms with van der Waals surface area (Å²) in [7, 11) is 0. The molecule has 5 rings (SSSR count). The van der Waals surface area contributed by atoms with Crippen LogP contribution in [0.15, 0.2) is 22.6 Å². The zero-order chi connectivity index (χ0) is 21.0. The number of amides is 2. The minimum atomic E-state index is -0.499. The van der Waals surface area contributed by atoms with Gasteiger partial charge in [0, 0.05) is 31.0 Å². The lowest BCUT2D eigenvalue weighted by Gasteiger charge is -2.61. The molecule has 2 saturated carbocycles. The molecule has 3 fully saturated rings. The Balaban J connectivity index is 1.40. The summed E-state index contributed by atoms with van der Waals surface area (Å²) in [5.41, 5.74) is 2.62. The van der Waals surface area contributed by atoms with Crippen LogP contribution in [0.2, 0.25) is 0 Å². The predicted octanol–water partition coefficient (Wildman–Crippen LogP) is 4.64. The third-order valence-electron chi connectivity index (χ3n) is 7.27.